The van der Waals surface area contributed by atoms with E-state index in [0.29, 0.717) is 11.4 Å². The van der Waals surface area contributed by atoms with Crippen molar-refractivity contribution in [2.75, 3.05) is 16.0 Å². The molecule has 7 nitrogen and oxygen atoms in total. The van der Waals surface area contributed by atoms with Crippen LogP contribution in [-0.2, 0) is 14.4 Å². The Bertz CT molecular complexity index is 1730. The third-order valence-electron chi connectivity index (χ3n) is 7.44. The number of nitrogens with zero attached hydrogens (tertiary/aromatic N) is 2. The van der Waals surface area contributed by atoms with Crippen LogP contribution in [0.3, 0.4) is 0 Å². The molecular formula is C29H23N3O4S2. The molecular weight excluding hydrogens is 518 g/mol. The van der Waals surface area contributed by atoms with Gasteiger partial charge in [-0.15, -0.1) is 11.3 Å². The normalized spacial score (nSPS) is 19.5. The van der Waals surface area contributed by atoms with Crippen molar-refractivity contribution in [2.45, 2.75) is 30.0 Å². The summed E-state index contributed by atoms with van der Waals surface area (Å²) in [6.45, 7) is 0. The number of anilines is 2. The number of thiazole rings is 1. The maximum atomic E-state index is 13.0. The van der Waals surface area contributed by atoms with Crippen LogP contribution >= 0.6 is 23.1 Å². The molecule has 3 heterocycles. The summed E-state index contributed by atoms with van der Waals surface area (Å²) >= 11 is 2.82. The Hall–Kier alpha value is -3.69. The molecule has 5 aromatic rings. The van der Waals surface area contributed by atoms with Gasteiger partial charge in [0, 0.05) is 22.5 Å². The van der Waals surface area contributed by atoms with E-state index < -0.39 is 0 Å². The Morgan fingerprint density at radius 3 is 2.55 bits per heavy atom. The smallest absolute Gasteiger partial charge is 0.237 e. The molecule has 3 aromatic carbocycles. The first kappa shape index (κ1) is 23.4. The molecule has 7 rings (SSSR count). The van der Waals surface area contributed by atoms with E-state index in [4.69, 9.17) is 4.42 Å². The minimum atomic E-state index is -0.175. The van der Waals surface area contributed by atoms with Gasteiger partial charge in [-0.05, 0) is 49.2 Å². The molecule has 0 radical (unpaired) electrons. The highest BCUT2D eigenvalue weighted by Crippen LogP contribution is 2.41. The van der Waals surface area contributed by atoms with Crippen LogP contribution in [0.4, 0.5) is 11.4 Å². The van der Waals surface area contributed by atoms with Gasteiger partial charge in [0.15, 0.2) is 4.34 Å². The van der Waals surface area contributed by atoms with Gasteiger partial charge >= 0.3 is 0 Å². The average molecular weight is 542 g/mol. The summed E-state index contributed by atoms with van der Waals surface area (Å²) in [6.07, 6.45) is 3.60. The number of fused-ring (bicyclic) bond motifs is 5. The number of amides is 3. The van der Waals surface area contributed by atoms with Crippen LogP contribution in [0.2, 0.25) is 0 Å². The molecule has 1 aliphatic heterocycles. The van der Waals surface area contributed by atoms with E-state index in [-0.39, 0.29) is 35.3 Å². The topological polar surface area (TPSA) is 92.5 Å². The van der Waals surface area contributed by atoms with Crippen LogP contribution in [0.15, 0.2) is 69.4 Å². The van der Waals surface area contributed by atoms with Gasteiger partial charge in [-0.2, -0.15) is 0 Å². The van der Waals surface area contributed by atoms with Crippen LogP contribution in [0.25, 0.3) is 32.2 Å². The molecule has 1 saturated heterocycles. The zero-order valence-electron chi connectivity index (χ0n) is 20.3. The number of thioether (sulfide) groups is 1. The fraction of sp³-hybridized carbons (Fsp3) is 0.241. The van der Waals surface area contributed by atoms with E-state index in [1.165, 1.54) is 28.0 Å². The van der Waals surface area contributed by atoms with E-state index in [2.05, 4.69) is 10.3 Å². The third-order valence-corrected chi connectivity index (χ3v) is 9.60. The molecule has 190 valence electrons. The van der Waals surface area contributed by atoms with Crippen molar-refractivity contribution < 1.29 is 18.8 Å². The molecule has 0 unspecified atom stereocenters. The zero-order chi connectivity index (χ0) is 25.8. The number of hydrogen-bond donors (Lipinski definition) is 1. The van der Waals surface area contributed by atoms with E-state index in [9.17, 15) is 14.4 Å². The van der Waals surface area contributed by atoms with Crippen molar-refractivity contribution >= 4 is 84.4 Å². The number of aromatic nitrogens is 1. The van der Waals surface area contributed by atoms with Crippen LogP contribution < -0.4 is 10.2 Å². The Balaban J connectivity index is 1.04. The van der Waals surface area contributed by atoms with Gasteiger partial charge in [-0.3, -0.25) is 19.3 Å². The molecule has 1 aliphatic carbocycles. The Morgan fingerprint density at radius 2 is 1.74 bits per heavy atom. The summed E-state index contributed by atoms with van der Waals surface area (Å²) in [5.41, 5.74) is 3.62. The Morgan fingerprint density at radius 1 is 0.974 bits per heavy atom. The van der Waals surface area contributed by atoms with Crippen LogP contribution in [0.5, 0.6) is 0 Å². The standard InChI is InChI=1S/C29H23N3O4S2/c33-26(30-16-9-11-19-18-5-3-4-8-23(18)36-24(19)13-16)15-37-29-31-22-12-10-17(14-25(22)38-29)32-27(34)20-6-1-2-7-21(20)28(32)35/h3-5,8-14,20-21H,1-2,6-7,15H2,(H,30,33)/t20-,21-/m1/s1. The van der Waals surface area contributed by atoms with Crippen molar-refractivity contribution in [3.05, 3.63) is 60.7 Å². The van der Waals surface area contributed by atoms with E-state index in [1.807, 2.05) is 54.6 Å². The molecule has 0 bridgehead atoms. The van der Waals surface area contributed by atoms with Crippen molar-refractivity contribution in [2.24, 2.45) is 11.8 Å². The minimum Gasteiger partial charge on any atom is -0.456 e. The van der Waals surface area contributed by atoms with Gasteiger partial charge in [-0.25, -0.2) is 4.98 Å². The lowest BCUT2D eigenvalue weighted by atomic mass is 9.81. The second-order valence-corrected chi connectivity index (χ2v) is 12.0. The first-order valence-electron chi connectivity index (χ1n) is 12.7. The molecule has 1 N–H and O–H groups in total. The van der Waals surface area contributed by atoms with Gasteiger partial charge in [0.2, 0.25) is 17.7 Å². The number of furan rings is 1. The first-order valence-corrected chi connectivity index (χ1v) is 14.5. The lowest BCUT2D eigenvalue weighted by Crippen LogP contribution is -2.30. The number of carbonyl (C=O) groups is 3. The molecule has 2 atom stereocenters. The summed E-state index contributed by atoms with van der Waals surface area (Å²) in [6, 6.07) is 19.0. The molecule has 0 spiro atoms. The largest absolute Gasteiger partial charge is 0.456 e. The Kier molecular flexibility index (Phi) is 5.70. The maximum absolute atomic E-state index is 13.0. The van der Waals surface area contributed by atoms with Crippen molar-refractivity contribution in [1.82, 2.24) is 4.98 Å². The summed E-state index contributed by atoms with van der Waals surface area (Å²) < 4.78 is 7.56. The molecule has 9 heteroatoms. The summed E-state index contributed by atoms with van der Waals surface area (Å²) in [5, 5.41) is 5.00. The fourth-order valence-corrected chi connectivity index (χ4v) is 7.54. The van der Waals surface area contributed by atoms with E-state index in [0.717, 1.165) is 62.2 Å². The molecule has 2 fully saturated rings. The monoisotopic (exact) mass is 541 g/mol. The van der Waals surface area contributed by atoms with Gasteiger partial charge in [0.05, 0.1) is 33.5 Å². The van der Waals surface area contributed by atoms with Gasteiger partial charge < -0.3 is 9.73 Å². The van der Waals surface area contributed by atoms with Crippen LogP contribution in [-0.4, -0.2) is 28.5 Å². The molecule has 1 saturated carbocycles. The quantitative estimate of drug-likeness (QED) is 0.199. The number of para-hydroxylation sites is 1. The van der Waals surface area contributed by atoms with Crippen molar-refractivity contribution in [1.29, 1.82) is 0 Å². The highest BCUT2D eigenvalue weighted by Gasteiger charge is 2.48. The number of carbonyl (C=O) groups excluding carboxylic acids is 3. The number of nitrogens with one attached hydrogen (secondary N) is 1. The van der Waals surface area contributed by atoms with E-state index >= 15 is 0 Å². The third kappa shape index (κ3) is 3.97. The second kappa shape index (κ2) is 9.25. The highest BCUT2D eigenvalue weighted by molar-refractivity contribution is 8.01. The summed E-state index contributed by atoms with van der Waals surface area (Å²) in [4.78, 5) is 44.6. The van der Waals surface area contributed by atoms with Crippen LogP contribution in [0, 0.1) is 11.8 Å². The lowest BCUT2D eigenvalue weighted by molar-refractivity contribution is -0.122. The Labute approximate surface area is 226 Å². The van der Waals surface area contributed by atoms with Gasteiger partial charge in [-0.1, -0.05) is 42.8 Å². The predicted molar refractivity (Wildman–Crippen MR) is 151 cm³/mol. The average Bonchev–Trinajstić information content (AvgIpc) is 3.58. The summed E-state index contributed by atoms with van der Waals surface area (Å²) in [5.74, 6) is -0.430. The predicted octanol–water partition coefficient (Wildman–Crippen LogP) is 6.61. The molecule has 38 heavy (non-hydrogen) atoms. The fourth-order valence-electron chi connectivity index (χ4n) is 5.64. The van der Waals surface area contributed by atoms with Crippen molar-refractivity contribution in [3.63, 3.8) is 0 Å². The molecule has 2 aliphatic rings. The van der Waals surface area contributed by atoms with Crippen LogP contribution in [0.1, 0.15) is 25.7 Å². The number of imide groups is 1. The molecule has 2 aromatic heterocycles. The summed E-state index contributed by atoms with van der Waals surface area (Å²) in [7, 11) is 0. The number of rotatable bonds is 5. The number of hydrogen-bond acceptors (Lipinski definition) is 7. The molecule has 3 amide bonds. The first-order chi connectivity index (χ1) is 18.5. The number of benzene rings is 3. The van der Waals surface area contributed by atoms with E-state index in [1.54, 1.807) is 6.07 Å². The maximum Gasteiger partial charge on any atom is 0.237 e. The lowest BCUT2D eigenvalue weighted by Gasteiger charge is -2.19. The zero-order valence-corrected chi connectivity index (χ0v) is 21.9. The van der Waals surface area contributed by atoms with Gasteiger partial charge in [0.1, 0.15) is 11.2 Å². The van der Waals surface area contributed by atoms with Gasteiger partial charge in [0.25, 0.3) is 0 Å². The highest BCUT2D eigenvalue weighted by atomic mass is 32.2. The second-order valence-electron chi connectivity index (χ2n) is 9.79. The van der Waals surface area contributed by atoms with Crippen molar-refractivity contribution in [3.8, 4) is 0 Å². The minimum absolute atomic E-state index is 0.0735. The SMILES string of the molecule is O=C(CSc1nc2ccc(N3C(=O)[C@@H]4CCCC[C@H]4C3=O)cc2s1)Nc1ccc2c(c1)oc1ccccc12.